The van der Waals surface area contributed by atoms with Crippen molar-refractivity contribution in [2.45, 2.75) is 52.6 Å². The van der Waals surface area contributed by atoms with Gasteiger partial charge in [0, 0.05) is 12.2 Å². The predicted molar refractivity (Wildman–Crippen MR) is 81.7 cm³/mol. The highest BCUT2D eigenvalue weighted by molar-refractivity contribution is 5.45. The lowest BCUT2D eigenvalue weighted by Gasteiger charge is -2.34. The Morgan fingerprint density at radius 1 is 1.26 bits per heavy atom. The minimum absolute atomic E-state index is 0.479. The summed E-state index contributed by atoms with van der Waals surface area (Å²) in [7, 11) is 0. The van der Waals surface area contributed by atoms with Crippen LogP contribution in [0.15, 0.2) is 24.3 Å². The fourth-order valence-corrected chi connectivity index (χ4v) is 2.72. The Hall–Kier alpha value is -1.02. The number of ether oxygens (including phenoxy) is 1. The average molecular weight is 261 g/mol. The summed E-state index contributed by atoms with van der Waals surface area (Å²) in [4.78, 5) is 0. The first-order valence-electron chi connectivity index (χ1n) is 7.47. The van der Waals surface area contributed by atoms with E-state index >= 15 is 0 Å². The van der Waals surface area contributed by atoms with Gasteiger partial charge in [-0.25, -0.2) is 0 Å². The monoisotopic (exact) mass is 261 g/mol. The third kappa shape index (κ3) is 4.87. The Kier molecular flexibility index (Phi) is 4.87. The van der Waals surface area contributed by atoms with Gasteiger partial charge in [-0.05, 0) is 55.7 Å². The fraction of sp³-hybridized carbons (Fsp3) is 0.647. The van der Waals surface area contributed by atoms with Crippen molar-refractivity contribution in [1.82, 2.24) is 0 Å². The van der Waals surface area contributed by atoms with E-state index in [0.29, 0.717) is 11.5 Å². The van der Waals surface area contributed by atoms with E-state index in [-0.39, 0.29) is 0 Å². The summed E-state index contributed by atoms with van der Waals surface area (Å²) >= 11 is 0. The lowest BCUT2D eigenvalue weighted by molar-refractivity contribution is 0.00945. The summed E-state index contributed by atoms with van der Waals surface area (Å²) in [5.74, 6) is 0. The van der Waals surface area contributed by atoms with Gasteiger partial charge in [0.25, 0.3) is 0 Å². The third-order valence-corrected chi connectivity index (χ3v) is 4.09. The van der Waals surface area contributed by atoms with Crippen molar-refractivity contribution in [3.05, 3.63) is 29.8 Å². The minimum Gasteiger partial charge on any atom is -0.383 e. The Bertz CT molecular complexity index is 390. The Balaban J connectivity index is 1.62. The second kappa shape index (κ2) is 6.42. The second-order valence-corrected chi connectivity index (χ2v) is 6.53. The number of hydrogen-bond donors (Lipinski definition) is 1. The molecule has 0 spiro atoms. The molecule has 0 bridgehead atoms. The van der Waals surface area contributed by atoms with E-state index in [1.165, 1.54) is 36.9 Å². The zero-order valence-electron chi connectivity index (χ0n) is 12.5. The molecule has 0 atom stereocenters. The van der Waals surface area contributed by atoms with Gasteiger partial charge in [-0.1, -0.05) is 26.0 Å². The van der Waals surface area contributed by atoms with Gasteiger partial charge in [-0.15, -0.1) is 0 Å². The van der Waals surface area contributed by atoms with Gasteiger partial charge >= 0.3 is 0 Å². The van der Waals surface area contributed by atoms with Gasteiger partial charge in [0.05, 0.1) is 12.7 Å². The maximum Gasteiger partial charge on any atom is 0.0642 e. The maximum atomic E-state index is 5.97. The van der Waals surface area contributed by atoms with E-state index in [1.54, 1.807) is 0 Å². The van der Waals surface area contributed by atoms with Crippen LogP contribution in [-0.4, -0.2) is 19.3 Å². The molecule has 106 valence electrons. The summed E-state index contributed by atoms with van der Waals surface area (Å²) in [5, 5.41) is 3.42. The third-order valence-electron chi connectivity index (χ3n) is 4.09. The summed E-state index contributed by atoms with van der Waals surface area (Å²) in [6, 6.07) is 8.48. The second-order valence-electron chi connectivity index (χ2n) is 6.53. The molecule has 1 aliphatic carbocycles. The van der Waals surface area contributed by atoms with Gasteiger partial charge in [0.1, 0.15) is 0 Å². The van der Waals surface area contributed by atoms with Gasteiger partial charge in [-0.2, -0.15) is 0 Å². The highest BCUT2D eigenvalue weighted by Gasteiger charge is 2.26. The van der Waals surface area contributed by atoms with Crippen LogP contribution in [0.5, 0.6) is 0 Å². The molecule has 0 amide bonds. The molecule has 0 unspecified atom stereocenters. The van der Waals surface area contributed by atoms with Gasteiger partial charge in [0.2, 0.25) is 0 Å². The minimum atomic E-state index is 0.479. The molecule has 1 aliphatic rings. The Morgan fingerprint density at radius 3 is 2.68 bits per heavy atom. The molecule has 0 heterocycles. The standard InChI is InChI=1S/C17H27NO/c1-14-5-4-6-15(13-14)18-11-12-19-16-7-9-17(2,3)10-8-16/h4-6,13,16,18H,7-12H2,1-3H3. The van der Waals surface area contributed by atoms with Crippen molar-refractivity contribution >= 4 is 5.69 Å². The number of aryl methyl sites for hydroxylation is 1. The van der Waals surface area contributed by atoms with E-state index in [0.717, 1.165) is 13.2 Å². The molecular weight excluding hydrogens is 234 g/mol. The quantitative estimate of drug-likeness (QED) is 0.794. The first kappa shape index (κ1) is 14.4. The van der Waals surface area contributed by atoms with Crippen LogP contribution in [0.4, 0.5) is 5.69 Å². The van der Waals surface area contributed by atoms with E-state index in [2.05, 4.69) is 50.4 Å². The van der Waals surface area contributed by atoms with Crippen molar-refractivity contribution in [1.29, 1.82) is 0 Å². The van der Waals surface area contributed by atoms with Crippen LogP contribution in [0.25, 0.3) is 0 Å². The molecule has 1 aromatic carbocycles. The molecule has 2 heteroatoms. The van der Waals surface area contributed by atoms with Crippen LogP contribution in [0.3, 0.4) is 0 Å². The van der Waals surface area contributed by atoms with E-state index in [1.807, 2.05) is 0 Å². The van der Waals surface area contributed by atoms with Crippen molar-refractivity contribution in [3.63, 3.8) is 0 Å². The number of anilines is 1. The number of benzene rings is 1. The van der Waals surface area contributed by atoms with E-state index in [9.17, 15) is 0 Å². The number of rotatable bonds is 5. The molecule has 0 saturated heterocycles. The van der Waals surface area contributed by atoms with Crippen LogP contribution >= 0.6 is 0 Å². The molecule has 0 aromatic heterocycles. The summed E-state index contributed by atoms with van der Waals surface area (Å²) in [6.45, 7) is 8.54. The van der Waals surface area contributed by atoms with Crippen LogP contribution < -0.4 is 5.32 Å². The molecule has 2 rings (SSSR count). The number of nitrogens with one attached hydrogen (secondary N) is 1. The predicted octanol–water partition coefficient (Wildman–Crippen LogP) is 4.39. The van der Waals surface area contributed by atoms with Gasteiger partial charge < -0.3 is 10.1 Å². The summed E-state index contributed by atoms with van der Waals surface area (Å²) in [5.41, 5.74) is 3.01. The molecule has 1 saturated carbocycles. The molecule has 1 fully saturated rings. The summed E-state index contributed by atoms with van der Waals surface area (Å²) < 4.78 is 5.97. The Labute approximate surface area is 117 Å². The summed E-state index contributed by atoms with van der Waals surface area (Å²) in [6.07, 6.45) is 5.51. The normalized spacial score (nSPS) is 19.3. The van der Waals surface area contributed by atoms with E-state index in [4.69, 9.17) is 4.74 Å². The average Bonchev–Trinajstić information content (AvgIpc) is 2.36. The van der Waals surface area contributed by atoms with Crippen LogP contribution in [0, 0.1) is 12.3 Å². The smallest absolute Gasteiger partial charge is 0.0642 e. The molecule has 1 aromatic rings. The van der Waals surface area contributed by atoms with Crippen molar-refractivity contribution in [2.75, 3.05) is 18.5 Å². The maximum absolute atomic E-state index is 5.97. The van der Waals surface area contributed by atoms with Gasteiger partial charge in [0.15, 0.2) is 0 Å². The first-order chi connectivity index (χ1) is 9.05. The lowest BCUT2D eigenvalue weighted by Crippen LogP contribution is -2.27. The number of hydrogen-bond acceptors (Lipinski definition) is 2. The topological polar surface area (TPSA) is 21.3 Å². The SMILES string of the molecule is Cc1cccc(NCCOC2CCC(C)(C)CC2)c1. The molecule has 0 radical (unpaired) electrons. The van der Waals surface area contributed by atoms with Gasteiger partial charge in [-0.3, -0.25) is 0 Å². The highest BCUT2D eigenvalue weighted by Crippen LogP contribution is 2.36. The van der Waals surface area contributed by atoms with Crippen LogP contribution in [0.1, 0.15) is 45.1 Å². The van der Waals surface area contributed by atoms with Crippen molar-refractivity contribution in [3.8, 4) is 0 Å². The largest absolute Gasteiger partial charge is 0.383 e. The van der Waals surface area contributed by atoms with E-state index < -0.39 is 0 Å². The molecule has 0 aliphatic heterocycles. The zero-order chi connectivity index (χ0) is 13.7. The van der Waals surface area contributed by atoms with Crippen LogP contribution in [0.2, 0.25) is 0 Å². The molecule has 19 heavy (non-hydrogen) atoms. The van der Waals surface area contributed by atoms with Crippen molar-refractivity contribution in [2.24, 2.45) is 5.41 Å². The highest BCUT2D eigenvalue weighted by atomic mass is 16.5. The van der Waals surface area contributed by atoms with Crippen molar-refractivity contribution < 1.29 is 4.74 Å². The molecule has 1 N–H and O–H groups in total. The lowest BCUT2D eigenvalue weighted by atomic mass is 9.76. The zero-order valence-corrected chi connectivity index (χ0v) is 12.5. The fourth-order valence-electron chi connectivity index (χ4n) is 2.72. The molecule has 2 nitrogen and oxygen atoms in total. The molecular formula is C17H27NO. The van der Waals surface area contributed by atoms with Crippen LogP contribution in [-0.2, 0) is 4.74 Å². The Morgan fingerprint density at radius 2 is 2.00 bits per heavy atom. The first-order valence-corrected chi connectivity index (χ1v) is 7.47.